The molecule has 5 heteroatoms. The number of carbonyl (C=O) groups excluding carboxylic acids is 1. The van der Waals surface area contributed by atoms with E-state index in [2.05, 4.69) is 19.6 Å². The molecule has 0 heterocycles. The van der Waals surface area contributed by atoms with Crippen molar-refractivity contribution in [3.05, 3.63) is 29.8 Å². The highest BCUT2D eigenvalue weighted by molar-refractivity contribution is 6.70. The smallest absolute Gasteiger partial charge is 0.254 e. The zero-order chi connectivity index (χ0) is 14.0. The molecule has 1 aromatic carbocycles. The van der Waals surface area contributed by atoms with E-state index in [1.807, 2.05) is 24.3 Å². The topological polar surface area (TPSA) is 61.5 Å². The molecule has 0 saturated carbocycles. The third kappa shape index (κ3) is 3.33. The van der Waals surface area contributed by atoms with Crippen LogP contribution >= 0.6 is 0 Å². The number of ether oxygens (including phenoxy) is 1. The number of methoxy groups -OCH3 is 1. The molecule has 1 amide bonds. The van der Waals surface area contributed by atoms with E-state index in [1.54, 1.807) is 6.92 Å². The van der Waals surface area contributed by atoms with Gasteiger partial charge in [0.05, 0.1) is 0 Å². The van der Waals surface area contributed by atoms with E-state index in [-0.39, 0.29) is 0 Å². The molecule has 1 rings (SSSR count). The first-order chi connectivity index (χ1) is 8.19. The largest absolute Gasteiger partial charge is 0.544 e. The molecule has 0 aliphatic heterocycles. The van der Waals surface area contributed by atoms with Gasteiger partial charge in [0.1, 0.15) is 5.75 Å². The first kappa shape index (κ1) is 14.7. The zero-order valence-corrected chi connectivity index (χ0v) is 12.6. The molecule has 0 aliphatic carbocycles. The molecule has 100 valence electrons. The van der Waals surface area contributed by atoms with Crippen molar-refractivity contribution in [3.63, 3.8) is 0 Å². The third-order valence-electron chi connectivity index (χ3n) is 2.71. The van der Waals surface area contributed by atoms with Crippen LogP contribution in [0.3, 0.4) is 0 Å². The average molecular weight is 267 g/mol. The Morgan fingerprint density at radius 2 is 1.72 bits per heavy atom. The molecule has 0 aromatic heterocycles. The van der Waals surface area contributed by atoms with Crippen molar-refractivity contribution in [3.8, 4) is 5.75 Å². The minimum Gasteiger partial charge on any atom is -0.544 e. The van der Waals surface area contributed by atoms with Crippen molar-refractivity contribution < 1.29 is 14.0 Å². The van der Waals surface area contributed by atoms with Crippen molar-refractivity contribution in [2.24, 2.45) is 5.73 Å². The lowest BCUT2D eigenvalue weighted by molar-refractivity contribution is -0.139. The minimum absolute atomic E-state index is 0.510. The molecule has 0 fully saturated rings. The van der Waals surface area contributed by atoms with Gasteiger partial charge in [-0.05, 0) is 44.3 Å². The molecule has 18 heavy (non-hydrogen) atoms. The number of hydrogen-bond donors (Lipinski definition) is 1. The van der Waals surface area contributed by atoms with E-state index in [9.17, 15) is 4.79 Å². The molecule has 2 N–H and O–H groups in total. The van der Waals surface area contributed by atoms with Crippen LogP contribution in [0.5, 0.6) is 5.75 Å². The molecule has 1 unspecified atom stereocenters. The van der Waals surface area contributed by atoms with E-state index < -0.39 is 19.8 Å². The van der Waals surface area contributed by atoms with Crippen molar-refractivity contribution in [2.45, 2.75) is 32.2 Å². The zero-order valence-electron chi connectivity index (χ0n) is 11.6. The van der Waals surface area contributed by atoms with E-state index in [0.717, 1.165) is 11.3 Å². The number of carbonyl (C=O) groups is 1. The van der Waals surface area contributed by atoms with Crippen molar-refractivity contribution >= 4 is 14.2 Å². The minimum atomic E-state index is -1.61. The van der Waals surface area contributed by atoms with Crippen LogP contribution < -0.4 is 10.2 Å². The maximum Gasteiger partial charge on any atom is 0.254 e. The fourth-order valence-corrected chi connectivity index (χ4v) is 2.40. The van der Waals surface area contributed by atoms with Crippen LogP contribution in [0.25, 0.3) is 0 Å². The predicted octanol–water partition coefficient (Wildman–Crippen LogP) is 2.25. The molecule has 0 aliphatic rings. The lowest BCUT2D eigenvalue weighted by atomic mass is 9.95. The second-order valence-corrected chi connectivity index (χ2v) is 9.77. The summed E-state index contributed by atoms with van der Waals surface area (Å²) < 4.78 is 11.1. The summed E-state index contributed by atoms with van der Waals surface area (Å²) in [4.78, 5) is 11.4. The number of hydrogen-bond acceptors (Lipinski definition) is 3. The van der Waals surface area contributed by atoms with Gasteiger partial charge < -0.3 is 14.9 Å². The van der Waals surface area contributed by atoms with Crippen LogP contribution in [0.2, 0.25) is 19.6 Å². The molecule has 0 spiro atoms. The number of benzene rings is 1. The molecular weight excluding hydrogens is 246 g/mol. The Morgan fingerprint density at radius 1 is 1.22 bits per heavy atom. The number of primary amides is 1. The fourth-order valence-electron chi connectivity index (χ4n) is 1.56. The van der Waals surface area contributed by atoms with Gasteiger partial charge in [0.2, 0.25) is 8.32 Å². The fraction of sp³-hybridized carbons (Fsp3) is 0.462. The number of nitrogens with two attached hydrogens (primary N) is 1. The Hall–Kier alpha value is -1.33. The Balaban J connectivity index is 2.99. The van der Waals surface area contributed by atoms with Crippen LogP contribution in [-0.2, 0) is 15.1 Å². The SMILES string of the molecule is COC(C)(C(N)=O)c1ccc(O[Si](C)(C)C)cc1. The highest BCUT2D eigenvalue weighted by Crippen LogP contribution is 2.26. The van der Waals surface area contributed by atoms with Gasteiger partial charge in [-0.15, -0.1) is 0 Å². The molecular formula is C13H21NO3Si. The van der Waals surface area contributed by atoms with E-state index >= 15 is 0 Å². The van der Waals surface area contributed by atoms with Crippen molar-refractivity contribution in [1.82, 2.24) is 0 Å². The van der Waals surface area contributed by atoms with Crippen LogP contribution in [-0.4, -0.2) is 21.3 Å². The molecule has 1 atom stereocenters. The Bertz CT molecular complexity index is 425. The van der Waals surface area contributed by atoms with Crippen LogP contribution in [0, 0.1) is 0 Å². The average Bonchev–Trinajstić information content (AvgIpc) is 2.26. The van der Waals surface area contributed by atoms with Gasteiger partial charge in [-0.25, -0.2) is 0 Å². The molecule has 1 aromatic rings. The molecule has 0 saturated heterocycles. The van der Waals surface area contributed by atoms with E-state index in [0.29, 0.717) is 0 Å². The molecule has 0 radical (unpaired) electrons. The monoisotopic (exact) mass is 267 g/mol. The van der Waals surface area contributed by atoms with Gasteiger partial charge in [0, 0.05) is 7.11 Å². The summed E-state index contributed by atoms with van der Waals surface area (Å²) >= 11 is 0. The number of amides is 1. The Kier molecular flexibility index (Phi) is 4.19. The summed E-state index contributed by atoms with van der Waals surface area (Å²) in [6.07, 6.45) is 0. The van der Waals surface area contributed by atoms with E-state index in [1.165, 1.54) is 7.11 Å². The maximum absolute atomic E-state index is 11.4. The summed E-state index contributed by atoms with van der Waals surface area (Å²) in [7, 11) is -0.145. The van der Waals surface area contributed by atoms with Gasteiger partial charge in [0.25, 0.3) is 5.91 Å². The molecule has 0 bridgehead atoms. The first-order valence-electron chi connectivity index (χ1n) is 5.83. The summed E-state index contributed by atoms with van der Waals surface area (Å²) in [6, 6.07) is 7.30. The van der Waals surface area contributed by atoms with Crippen LogP contribution in [0.15, 0.2) is 24.3 Å². The summed E-state index contributed by atoms with van der Waals surface area (Å²) in [6.45, 7) is 8.00. The Labute approximate surface area is 109 Å². The normalized spacial score (nSPS) is 14.9. The van der Waals surface area contributed by atoms with Gasteiger partial charge >= 0.3 is 0 Å². The summed E-state index contributed by atoms with van der Waals surface area (Å²) in [5, 5.41) is 0. The van der Waals surface area contributed by atoms with Gasteiger partial charge in [-0.3, -0.25) is 4.79 Å². The Morgan fingerprint density at radius 3 is 2.06 bits per heavy atom. The van der Waals surface area contributed by atoms with Crippen LogP contribution in [0.1, 0.15) is 12.5 Å². The summed E-state index contributed by atoms with van der Waals surface area (Å²) in [5.74, 6) is 0.296. The highest BCUT2D eigenvalue weighted by Gasteiger charge is 2.33. The predicted molar refractivity (Wildman–Crippen MR) is 74.0 cm³/mol. The third-order valence-corrected chi connectivity index (χ3v) is 3.56. The van der Waals surface area contributed by atoms with Crippen molar-refractivity contribution in [1.29, 1.82) is 0 Å². The second-order valence-electron chi connectivity index (χ2n) is 5.34. The van der Waals surface area contributed by atoms with Gasteiger partial charge in [-0.1, -0.05) is 12.1 Å². The number of rotatable bonds is 5. The van der Waals surface area contributed by atoms with Gasteiger partial charge in [-0.2, -0.15) is 0 Å². The van der Waals surface area contributed by atoms with Crippen LogP contribution in [0.4, 0.5) is 0 Å². The lowest BCUT2D eigenvalue weighted by Gasteiger charge is -2.25. The quantitative estimate of drug-likeness (QED) is 0.832. The molecule has 4 nitrogen and oxygen atoms in total. The lowest BCUT2D eigenvalue weighted by Crippen LogP contribution is -2.40. The maximum atomic E-state index is 11.4. The van der Waals surface area contributed by atoms with Crippen molar-refractivity contribution in [2.75, 3.05) is 7.11 Å². The van der Waals surface area contributed by atoms with Gasteiger partial charge in [0.15, 0.2) is 5.60 Å². The second kappa shape index (κ2) is 5.12. The first-order valence-corrected chi connectivity index (χ1v) is 9.24. The summed E-state index contributed by atoms with van der Waals surface area (Å²) in [5.41, 5.74) is 4.99. The highest BCUT2D eigenvalue weighted by atomic mass is 28.4. The standard InChI is InChI=1S/C13H21NO3Si/c1-13(16-2,12(14)15)10-6-8-11(9-7-10)17-18(3,4)5/h6-9H,1-5H3,(H2,14,15). The van der Waals surface area contributed by atoms with E-state index in [4.69, 9.17) is 14.9 Å².